The highest BCUT2D eigenvalue weighted by molar-refractivity contribution is 5.85. The van der Waals surface area contributed by atoms with Crippen LogP contribution in [0.5, 0.6) is 0 Å². The number of anilines is 1. The third-order valence-corrected chi connectivity index (χ3v) is 3.65. The number of nitrogens with zero attached hydrogens (tertiary/aromatic N) is 4. The summed E-state index contributed by atoms with van der Waals surface area (Å²) in [6.45, 7) is 2.71. The molecule has 0 saturated carbocycles. The SMILES string of the molecule is CC(NC(=O)C1CCCN1c1ncccn1)c1ncc[nH]1. The molecular formula is C14H18N6O. The van der Waals surface area contributed by atoms with E-state index in [4.69, 9.17) is 0 Å². The Morgan fingerprint density at radius 3 is 2.90 bits per heavy atom. The number of H-pyrrole nitrogens is 1. The van der Waals surface area contributed by atoms with Crippen molar-refractivity contribution in [1.82, 2.24) is 25.3 Å². The molecule has 21 heavy (non-hydrogen) atoms. The lowest BCUT2D eigenvalue weighted by Gasteiger charge is -2.24. The maximum absolute atomic E-state index is 12.5. The average Bonchev–Trinajstić information content (AvgIpc) is 3.19. The highest BCUT2D eigenvalue weighted by atomic mass is 16.2. The minimum Gasteiger partial charge on any atom is -0.347 e. The third kappa shape index (κ3) is 2.86. The summed E-state index contributed by atoms with van der Waals surface area (Å²) < 4.78 is 0. The quantitative estimate of drug-likeness (QED) is 0.877. The van der Waals surface area contributed by atoms with E-state index < -0.39 is 0 Å². The summed E-state index contributed by atoms with van der Waals surface area (Å²) >= 11 is 0. The maximum atomic E-state index is 12.5. The highest BCUT2D eigenvalue weighted by Crippen LogP contribution is 2.22. The van der Waals surface area contributed by atoms with Gasteiger partial charge in [-0.25, -0.2) is 15.0 Å². The lowest BCUT2D eigenvalue weighted by Crippen LogP contribution is -2.44. The Morgan fingerprint density at radius 2 is 2.19 bits per heavy atom. The fraction of sp³-hybridized carbons (Fsp3) is 0.429. The van der Waals surface area contributed by atoms with Gasteiger partial charge in [-0.15, -0.1) is 0 Å². The molecule has 1 fully saturated rings. The van der Waals surface area contributed by atoms with Crippen molar-refractivity contribution in [2.24, 2.45) is 0 Å². The molecule has 2 aromatic heterocycles. The van der Waals surface area contributed by atoms with Crippen LogP contribution < -0.4 is 10.2 Å². The Kier molecular flexibility index (Phi) is 3.81. The number of carbonyl (C=O) groups is 1. The van der Waals surface area contributed by atoms with E-state index in [1.807, 2.05) is 11.8 Å². The molecular weight excluding hydrogens is 268 g/mol. The van der Waals surface area contributed by atoms with Crippen LogP contribution in [-0.4, -0.2) is 38.4 Å². The minimum atomic E-state index is -0.218. The zero-order chi connectivity index (χ0) is 14.7. The van der Waals surface area contributed by atoms with Crippen LogP contribution in [0, 0.1) is 0 Å². The van der Waals surface area contributed by atoms with Crippen molar-refractivity contribution in [2.75, 3.05) is 11.4 Å². The topological polar surface area (TPSA) is 86.8 Å². The van der Waals surface area contributed by atoms with E-state index in [1.54, 1.807) is 30.9 Å². The molecule has 7 nitrogen and oxygen atoms in total. The number of hydrogen-bond acceptors (Lipinski definition) is 5. The summed E-state index contributed by atoms with van der Waals surface area (Å²) in [4.78, 5) is 30.1. The van der Waals surface area contributed by atoms with E-state index in [9.17, 15) is 4.79 Å². The summed E-state index contributed by atoms with van der Waals surface area (Å²) in [6, 6.07) is 1.41. The predicted octanol–water partition coefficient (Wildman–Crippen LogP) is 1.05. The fourth-order valence-corrected chi connectivity index (χ4v) is 2.61. The molecule has 3 heterocycles. The number of imidazole rings is 1. The van der Waals surface area contributed by atoms with Gasteiger partial charge in [0, 0.05) is 31.3 Å². The van der Waals surface area contributed by atoms with Gasteiger partial charge in [0.1, 0.15) is 11.9 Å². The molecule has 2 N–H and O–H groups in total. The minimum absolute atomic E-state index is 0.0103. The molecule has 0 aromatic carbocycles. The Labute approximate surface area is 122 Å². The first-order valence-electron chi connectivity index (χ1n) is 7.09. The number of amides is 1. The molecule has 2 atom stereocenters. The lowest BCUT2D eigenvalue weighted by atomic mass is 10.2. The van der Waals surface area contributed by atoms with Crippen LogP contribution in [0.1, 0.15) is 31.6 Å². The first kappa shape index (κ1) is 13.5. The van der Waals surface area contributed by atoms with Crippen LogP contribution in [-0.2, 0) is 4.79 Å². The number of aromatic amines is 1. The van der Waals surface area contributed by atoms with E-state index >= 15 is 0 Å². The molecule has 3 rings (SSSR count). The fourth-order valence-electron chi connectivity index (χ4n) is 2.61. The normalized spacial score (nSPS) is 19.5. The highest BCUT2D eigenvalue weighted by Gasteiger charge is 2.33. The van der Waals surface area contributed by atoms with Crippen molar-refractivity contribution in [1.29, 1.82) is 0 Å². The summed E-state index contributed by atoms with van der Waals surface area (Å²) in [6.07, 6.45) is 8.60. The molecule has 1 amide bonds. The van der Waals surface area contributed by atoms with E-state index in [0.29, 0.717) is 5.95 Å². The van der Waals surface area contributed by atoms with E-state index in [1.165, 1.54) is 0 Å². The smallest absolute Gasteiger partial charge is 0.243 e. The zero-order valence-corrected chi connectivity index (χ0v) is 11.9. The van der Waals surface area contributed by atoms with Gasteiger partial charge in [-0.1, -0.05) is 0 Å². The van der Waals surface area contributed by atoms with Gasteiger partial charge >= 0.3 is 0 Å². The van der Waals surface area contributed by atoms with Gasteiger partial charge in [-0.3, -0.25) is 4.79 Å². The van der Waals surface area contributed by atoms with Gasteiger partial charge in [0.2, 0.25) is 11.9 Å². The van der Waals surface area contributed by atoms with Gasteiger partial charge in [0.25, 0.3) is 0 Å². The second kappa shape index (κ2) is 5.90. The molecule has 110 valence electrons. The van der Waals surface area contributed by atoms with Crippen LogP contribution in [0.15, 0.2) is 30.9 Å². The van der Waals surface area contributed by atoms with Crippen molar-refractivity contribution in [2.45, 2.75) is 31.8 Å². The number of nitrogens with one attached hydrogen (secondary N) is 2. The van der Waals surface area contributed by atoms with Crippen molar-refractivity contribution in [3.05, 3.63) is 36.7 Å². The summed E-state index contributed by atoms with van der Waals surface area (Å²) in [5.74, 6) is 1.36. The molecule has 2 aromatic rings. The van der Waals surface area contributed by atoms with Crippen LogP contribution in [0.4, 0.5) is 5.95 Å². The van der Waals surface area contributed by atoms with Gasteiger partial charge in [-0.2, -0.15) is 0 Å². The third-order valence-electron chi connectivity index (χ3n) is 3.65. The molecule has 0 bridgehead atoms. The van der Waals surface area contributed by atoms with E-state index in [0.717, 1.165) is 25.2 Å². The van der Waals surface area contributed by atoms with Crippen molar-refractivity contribution in [3.63, 3.8) is 0 Å². The number of rotatable bonds is 4. The molecule has 1 aliphatic heterocycles. The Morgan fingerprint density at radius 1 is 1.38 bits per heavy atom. The molecule has 7 heteroatoms. The zero-order valence-electron chi connectivity index (χ0n) is 11.9. The standard InChI is InChI=1S/C14H18N6O/c1-10(12-15-7-8-16-12)19-13(21)11-4-2-9-20(11)14-17-5-3-6-18-14/h3,5-8,10-11H,2,4,9H2,1H3,(H,15,16)(H,19,21). The predicted molar refractivity (Wildman–Crippen MR) is 77.5 cm³/mol. The van der Waals surface area contributed by atoms with Gasteiger partial charge in [-0.05, 0) is 25.8 Å². The number of aromatic nitrogens is 4. The van der Waals surface area contributed by atoms with Crippen LogP contribution in [0.3, 0.4) is 0 Å². The molecule has 2 unspecified atom stereocenters. The summed E-state index contributed by atoms with van der Waals surface area (Å²) in [5, 5.41) is 2.99. The molecule has 0 radical (unpaired) electrons. The van der Waals surface area contributed by atoms with Crippen LogP contribution in [0.25, 0.3) is 0 Å². The largest absolute Gasteiger partial charge is 0.347 e. The second-order valence-electron chi connectivity index (χ2n) is 5.10. The van der Waals surface area contributed by atoms with Crippen molar-refractivity contribution >= 4 is 11.9 Å². The van der Waals surface area contributed by atoms with Gasteiger partial charge in [0.15, 0.2) is 0 Å². The van der Waals surface area contributed by atoms with Crippen molar-refractivity contribution in [3.8, 4) is 0 Å². The van der Waals surface area contributed by atoms with Crippen LogP contribution in [0.2, 0.25) is 0 Å². The molecule has 1 saturated heterocycles. The number of carbonyl (C=O) groups excluding carboxylic acids is 1. The van der Waals surface area contributed by atoms with Crippen LogP contribution >= 0.6 is 0 Å². The molecule has 0 aliphatic carbocycles. The first-order chi connectivity index (χ1) is 10.3. The van der Waals surface area contributed by atoms with E-state index in [-0.39, 0.29) is 18.0 Å². The molecule has 0 spiro atoms. The Hall–Kier alpha value is -2.44. The molecule has 1 aliphatic rings. The number of hydrogen-bond donors (Lipinski definition) is 2. The van der Waals surface area contributed by atoms with Gasteiger partial charge < -0.3 is 15.2 Å². The van der Waals surface area contributed by atoms with Gasteiger partial charge in [0.05, 0.1) is 6.04 Å². The van der Waals surface area contributed by atoms with Crippen molar-refractivity contribution < 1.29 is 4.79 Å². The Balaban J connectivity index is 1.69. The van der Waals surface area contributed by atoms with E-state index in [2.05, 4.69) is 25.3 Å². The summed E-state index contributed by atoms with van der Waals surface area (Å²) in [7, 11) is 0. The lowest BCUT2D eigenvalue weighted by molar-refractivity contribution is -0.122. The second-order valence-corrected chi connectivity index (χ2v) is 5.10. The summed E-state index contributed by atoms with van der Waals surface area (Å²) in [5.41, 5.74) is 0. The average molecular weight is 286 g/mol. The monoisotopic (exact) mass is 286 g/mol. The Bertz CT molecular complexity index is 585. The maximum Gasteiger partial charge on any atom is 0.243 e. The first-order valence-corrected chi connectivity index (χ1v) is 7.09.